The van der Waals surface area contributed by atoms with Crippen molar-refractivity contribution in [3.05, 3.63) is 0 Å². The highest BCUT2D eigenvalue weighted by molar-refractivity contribution is 5.81. The molecule has 0 aromatic heterocycles. The van der Waals surface area contributed by atoms with Gasteiger partial charge in [0, 0.05) is 11.8 Å². The first kappa shape index (κ1) is 9.45. The van der Waals surface area contributed by atoms with Crippen LogP contribution in [-0.2, 0) is 9.59 Å². The number of hydrogen-bond donors (Lipinski definition) is 3. The van der Waals surface area contributed by atoms with Crippen LogP contribution in [0.5, 0.6) is 0 Å². The molecule has 0 aliphatic heterocycles. The molecule has 3 N–H and O–H groups in total. The van der Waals surface area contributed by atoms with Crippen LogP contribution in [0, 0.1) is 11.8 Å². The van der Waals surface area contributed by atoms with Gasteiger partial charge in [0.15, 0.2) is 0 Å². The minimum Gasteiger partial charge on any atom is -0.273 e. The number of nitrogens with one attached hydrogen (secondary N) is 3. The van der Waals surface area contributed by atoms with Crippen molar-refractivity contribution in [2.45, 2.75) is 32.1 Å². The number of rotatable bonds is 4. The smallest absolute Gasteiger partial charge is 0.238 e. The average Bonchev–Trinajstić information content (AvgIpc) is 2.82. The van der Waals surface area contributed by atoms with Crippen molar-refractivity contribution in [1.82, 2.24) is 16.4 Å². The summed E-state index contributed by atoms with van der Waals surface area (Å²) in [6.45, 7) is 0. The molecule has 2 aliphatic carbocycles. The lowest BCUT2D eigenvalue weighted by molar-refractivity contribution is -0.130. The molecule has 2 aliphatic rings. The Bertz CT molecular complexity index is 246. The van der Waals surface area contributed by atoms with Crippen molar-refractivity contribution in [3.63, 3.8) is 0 Å². The fourth-order valence-corrected chi connectivity index (χ4v) is 1.37. The van der Waals surface area contributed by atoms with Gasteiger partial charge >= 0.3 is 0 Å². The van der Waals surface area contributed by atoms with Gasteiger partial charge in [-0.3, -0.25) is 20.4 Å². The summed E-state index contributed by atoms with van der Waals surface area (Å²) >= 11 is 0. The normalized spacial score (nSPS) is 21.1. The van der Waals surface area contributed by atoms with Crippen molar-refractivity contribution in [2.24, 2.45) is 11.8 Å². The highest BCUT2D eigenvalue weighted by Gasteiger charge is 2.30. The first-order valence-corrected chi connectivity index (χ1v) is 5.12. The summed E-state index contributed by atoms with van der Waals surface area (Å²) in [4.78, 5) is 22.4. The van der Waals surface area contributed by atoms with Gasteiger partial charge in [0.1, 0.15) is 0 Å². The maximum absolute atomic E-state index is 11.3. The van der Waals surface area contributed by atoms with Gasteiger partial charge in [-0.2, -0.15) is 0 Å². The third kappa shape index (κ3) is 2.23. The van der Waals surface area contributed by atoms with Crippen molar-refractivity contribution in [3.8, 4) is 0 Å². The molecule has 0 bridgehead atoms. The molecule has 0 heterocycles. The minimum atomic E-state index is -0.0288. The van der Waals surface area contributed by atoms with E-state index in [9.17, 15) is 9.59 Å². The molecule has 0 radical (unpaired) electrons. The molecule has 0 atom stereocenters. The Kier molecular flexibility index (Phi) is 2.67. The molecule has 5 nitrogen and oxygen atoms in total. The highest BCUT2D eigenvalue weighted by Crippen LogP contribution is 2.28. The SMILES string of the molecule is O=C(NNNC(=O)C1CC1)C1CCC1. The largest absolute Gasteiger partial charge is 0.273 e. The Balaban J connectivity index is 1.57. The summed E-state index contributed by atoms with van der Waals surface area (Å²) in [6, 6.07) is 0. The van der Waals surface area contributed by atoms with Crippen molar-refractivity contribution >= 4 is 11.8 Å². The van der Waals surface area contributed by atoms with E-state index in [1.165, 1.54) is 0 Å². The Labute approximate surface area is 82.6 Å². The third-order valence-electron chi connectivity index (χ3n) is 2.80. The Morgan fingerprint density at radius 1 is 0.857 bits per heavy atom. The van der Waals surface area contributed by atoms with Gasteiger partial charge < -0.3 is 0 Å². The van der Waals surface area contributed by atoms with E-state index in [0.29, 0.717) is 0 Å². The first-order chi connectivity index (χ1) is 6.77. The lowest BCUT2D eigenvalue weighted by atomic mass is 9.85. The number of carbonyl (C=O) groups is 2. The zero-order valence-electron chi connectivity index (χ0n) is 8.01. The van der Waals surface area contributed by atoms with E-state index in [4.69, 9.17) is 0 Å². The van der Waals surface area contributed by atoms with Crippen LogP contribution in [0.4, 0.5) is 0 Å². The Morgan fingerprint density at radius 3 is 1.71 bits per heavy atom. The van der Waals surface area contributed by atoms with E-state index >= 15 is 0 Å². The van der Waals surface area contributed by atoms with Gasteiger partial charge in [-0.05, 0) is 25.7 Å². The van der Waals surface area contributed by atoms with Crippen LogP contribution in [0.3, 0.4) is 0 Å². The molecule has 0 spiro atoms. The van der Waals surface area contributed by atoms with Crippen molar-refractivity contribution < 1.29 is 9.59 Å². The van der Waals surface area contributed by atoms with E-state index in [1.54, 1.807) is 0 Å². The molecule has 0 aromatic carbocycles. The third-order valence-corrected chi connectivity index (χ3v) is 2.80. The maximum Gasteiger partial charge on any atom is 0.238 e. The molecule has 2 saturated carbocycles. The van der Waals surface area contributed by atoms with E-state index < -0.39 is 0 Å². The quantitative estimate of drug-likeness (QED) is 0.549. The summed E-state index contributed by atoms with van der Waals surface area (Å²) in [5.41, 5.74) is 7.39. The second-order valence-electron chi connectivity index (χ2n) is 4.01. The molecule has 2 amide bonds. The summed E-state index contributed by atoms with van der Waals surface area (Å²) in [7, 11) is 0. The van der Waals surface area contributed by atoms with E-state index in [-0.39, 0.29) is 23.7 Å². The molecule has 0 saturated heterocycles. The molecule has 2 fully saturated rings. The van der Waals surface area contributed by atoms with Crippen LogP contribution in [0.25, 0.3) is 0 Å². The lowest BCUT2D eigenvalue weighted by Gasteiger charge is -2.24. The molecule has 5 heteroatoms. The number of hydrogen-bond acceptors (Lipinski definition) is 3. The first-order valence-electron chi connectivity index (χ1n) is 5.12. The van der Waals surface area contributed by atoms with E-state index in [2.05, 4.69) is 16.4 Å². The molecule has 0 unspecified atom stereocenters. The summed E-state index contributed by atoms with van der Waals surface area (Å²) in [5.74, 6) is 0.245. The average molecular weight is 197 g/mol. The number of carbonyl (C=O) groups excluding carboxylic acids is 2. The van der Waals surface area contributed by atoms with Gasteiger partial charge in [0.2, 0.25) is 11.8 Å². The maximum atomic E-state index is 11.3. The zero-order valence-corrected chi connectivity index (χ0v) is 8.01. The minimum absolute atomic E-state index is 0.0210. The zero-order chi connectivity index (χ0) is 9.97. The second-order valence-corrected chi connectivity index (χ2v) is 4.01. The fourth-order valence-electron chi connectivity index (χ4n) is 1.37. The summed E-state index contributed by atoms with van der Waals surface area (Å²) in [5, 5.41) is 0. The Morgan fingerprint density at radius 2 is 1.36 bits per heavy atom. The van der Waals surface area contributed by atoms with Gasteiger partial charge in [-0.15, -0.1) is 5.53 Å². The lowest BCUT2D eigenvalue weighted by Crippen LogP contribution is -2.52. The summed E-state index contributed by atoms with van der Waals surface area (Å²) < 4.78 is 0. The monoisotopic (exact) mass is 197 g/mol. The van der Waals surface area contributed by atoms with Crippen LogP contribution in [-0.4, -0.2) is 11.8 Å². The predicted octanol–water partition coefficient (Wildman–Crippen LogP) is -0.152. The van der Waals surface area contributed by atoms with Crippen LogP contribution >= 0.6 is 0 Å². The molecule has 14 heavy (non-hydrogen) atoms. The fraction of sp³-hybridized carbons (Fsp3) is 0.778. The Hall–Kier alpha value is -1.10. The van der Waals surface area contributed by atoms with E-state index in [0.717, 1.165) is 32.1 Å². The van der Waals surface area contributed by atoms with Crippen LogP contribution in [0.2, 0.25) is 0 Å². The van der Waals surface area contributed by atoms with Gasteiger partial charge in [-0.25, -0.2) is 0 Å². The molecule has 0 aromatic rings. The van der Waals surface area contributed by atoms with Gasteiger partial charge in [0.05, 0.1) is 0 Å². The number of amides is 2. The van der Waals surface area contributed by atoms with Gasteiger partial charge in [-0.1, -0.05) is 6.42 Å². The molecule has 78 valence electrons. The standard InChI is InChI=1S/C9H15N3O2/c13-8(6-2-1-3-6)10-12-11-9(14)7-4-5-7/h6-7,12H,1-5H2,(H,10,13)(H,11,14). The number of hydrazine groups is 2. The predicted molar refractivity (Wildman–Crippen MR) is 49.5 cm³/mol. The van der Waals surface area contributed by atoms with Gasteiger partial charge in [0.25, 0.3) is 0 Å². The van der Waals surface area contributed by atoms with Crippen LogP contribution in [0.1, 0.15) is 32.1 Å². The van der Waals surface area contributed by atoms with Crippen LogP contribution < -0.4 is 16.4 Å². The molecule has 2 rings (SSSR count). The molecular weight excluding hydrogens is 182 g/mol. The molecular formula is C9H15N3O2. The van der Waals surface area contributed by atoms with Crippen LogP contribution in [0.15, 0.2) is 0 Å². The summed E-state index contributed by atoms with van der Waals surface area (Å²) in [6.07, 6.45) is 4.98. The highest BCUT2D eigenvalue weighted by atomic mass is 16.2. The van der Waals surface area contributed by atoms with Crippen molar-refractivity contribution in [2.75, 3.05) is 0 Å². The topological polar surface area (TPSA) is 70.2 Å². The van der Waals surface area contributed by atoms with E-state index in [1.807, 2.05) is 0 Å². The van der Waals surface area contributed by atoms with Crippen molar-refractivity contribution in [1.29, 1.82) is 0 Å². The second kappa shape index (κ2) is 3.96.